The zero-order valence-electron chi connectivity index (χ0n) is 12.8. The van der Waals surface area contributed by atoms with Gasteiger partial charge in [0, 0.05) is 12.1 Å². The van der Waals surface area contributed by atoms with Gasteiger partial charge >= 0.3 is 0 Å². The molecule has 2 saturated heterocycles. The summed E-state index contributed by atoms with van der Waals surface area (Å²) in [7, 11) is 0. The third-order valence-corrected chi connectivity index (χ3v) is 4.49. The van der Waals surface area contributed by atoms with E-state index in [9.17, 15) is 4.79 Å². The summed E-state index contributed by atoms with van der Waals surface area (Å²) in [6, 6.07) is 6.84. The Morgan fingerprint density at radius 2 is 2.29 bits per heavy atom. The third kappa shape index (κ3) is 3.05. The zero-order valence-corrected chi connectivity index (χ0v) is 12.8. The molecule has 1 amide bonds. The Hall–Kier alpha value is -1.55. The minimum atomic E-state index is 0.101. The normalized spacial score (nSPS) is 26.9. The number of rotatable bonds is 5. The molecule has 0 aromatic heterocycles. The van der Waals surface area contributed by atoms with E-state index in [2.05, 4.69) is 17.6 Å². The summed E-state index contributed by atoms with van der Waals surface area (Å²) in [5, 5.41) is 6.58. The van der Waals surface area contributed by atoms with Crippen LogP contribution in [0.3, 0.4) is 0 Å². The van der Waals surface area contributed by atoms with Gasteiger partial charge in [-0.05, 0) is 50.3 Å². The second-order valence-electron chi connectivity index (χ2n) is 6.23. The number of nitrogens with one attached hydrogen (secondary N) is 2. The van der Waals surface area contributed by atoms with Crippen molar-refractivity contribution < 1.29 is 9.53 Å². The largest absolute Gasteiger partial charge is 0.491 e. The van der Waals surface area contributed by atoms with Gasteiger partial charge in [0.15, 0.2) is 0 Å². The molecule has 4 heteroatoms. The highest BCUT2D eigenvalue weighted by atomic mass is 16.5. The van der Waals surface area contributed by atoms with Gasteiger partial charge in [-0.2, -0.15) is 0 Å². The molecule has 3 atom stereocenters. The molecule has 2 bridgehead atoms. The zero-order chi connectivity index (χ0) is 14.8. The SMILES string of the molecule is CCCOc1cc(C)ccc1NC(=O)C1CC2CCC1N2. The lowest BCUT2D eigenvalue weighted by molar-refractivity contribution is -0.120. The molecule has 2 heterocycles. The minimum Gasteiger partial charge on any atom is -0.491 e. The van der Waals surface area contributed by atoms with Gasteiger partial charge in [0.05, 0.1) is 18.2 Å². The average molecular weight is 288 g/mol. The Morgan fingerprint density at radius 1 is 1.43 bits per heavy atom. The van der Waals surface area contributed by atoms with Crippen LogP contribution in [0.4, 0.5) is 5.69 Å². The molecule has 2 N–H and O–H groups in total. The highest BCUT2D eigenvalue weighted by Crippen LogP contribution is 2.35. The standard InChI is InChI=1S/C17H24N2O2/c1-3-8-21-16-9-11(2)4-6-15(16)19-17(20)13-10-12-5-7-14(13)18-12/h4,6,9,12-14,18H,3,5,7-8,10H2,1-2H3,(H,19,20). The van der Waals surface area contributed by atoms with Gasteiger partial charge in [-0.15, -0.1) is 0 Å². The Bertz CT molecular complexity index is 530. The molecule has 0 saturated carbocycles. The van der Waals surface area contributed by atoms with Crippen LogP contribution in [0.1, 0.15) is 38.2 Å². The van der Waals surface area contributed by atoms with Crippen molar-refractivity contribution in [1.29, 1.82) is 0 Å². The topological polar surface area (TPSA) is 50.4 Å². The van der Waals surface area contributed by atoms with Gasteiger partial charge in [-0.3, -0.25) is 4.79 Å². The predicted octanol–water partition coefficient (Wildman–Crippen LogP) is 2.86. The number of fused-ring (bicyclic) bond motifs is 2. The van der Waals surface area contributed by atoms with Gasteiger partial charge in [-0.25, -0.2) is 0 Å². The van der Waals surface area contributed by atoms with Crippen LogP contribution in [-0.2, 0) is 4.79 Å². The summed E-state index contributed by atoms with van der Waals surface area (Å²) in [5.74, 6) is 1.00. The first kappa shape index (κ1) is 14.4. The number of hydrogen-bond acceptors (Lipinski definition) is 3. The maximum Gasteiger partial charge on any atom is 0.229 e. The molecule has 4 nitrogen and oxygen atoms in total. The molecule has 3 rings (SSSR count). The Kier molecular flexibility index (Phi) is 4.15. The second kappa shape index (κ2) is 6.06. The number of benzene rings is 1. The molecule has 1 aromatic carbocycles. The van der Waals surface area contributed by atoms with Crippen LogP contribution in [0.2, 0.25) is 0 Å². The van der Waals surface area contributed by atoms with Crippen LogP contribution < -0.4 is 15.4 Å². The van der Waals surface area contributed by atoms with Crippen molar-refractivity contribution in [3.63, 3.8) is 0 Å². The number of hydrogen-bond donors (Lipinski definition) is 2. The highest BCUT2D eigenvalue weighted by molar-refractivity contribution is 5.94. The number of anilines is 1. The summed E-state index contributed by atoms with van der Waals surface area (Å²) in [6.07, 6.45) is 4.25. The van der Waals surface area contributed by atoms with Crippen LogP contribution in [0, 0.1) is 12.8 Å². The molecule has 21 heavy (non-hydrogen) atoms. The first-order chi connectivity index (χ1) is 10.2. The molecule has 3 unspecified atom stereocenters. The summed E-state index contributed by atoms with van der Waals surface area (Å²) >= 11 is 0. The smallest absolute Gasteiger partial charge is 0.229 e. The Balaban J connectivity index is 1.70. The van der Waals surface area contributed by atoms with Gasteiger partial charge in [0.25, 0.3) is 0 Å². The molecule has 2 fully saturated rings. The summed E-state index contributed by atoms with van der Waals surface area (Å²) in [6.45, 7) is 4.78. The van der Waals surface area contributed by atoms with E-state index >= 15 is 0 Å². The Morgan fingerprint density at radius 3 is 2.95 bits per heavy atom. The molecule has 0 radical (unpaired) electrons. The van der Waals surface area contributed by atoms with Crippen molar-refractivity contribution in [3.8, 4) is 5.75 Å². The third-order valence-electron chi connectivity index (χ3n) is 4.49. The predicted molar refractivity (Wildman–Crippen MR) is 83.6 cm³/mol. The first-order valence-corrected chi connectivity index (χ1v) is 7.97. The van der Waals surface area contributed by atoms with E-state index in [1.54, 1.807) is 0 Å². The molecule has 1 aromatic rings. The van der Waals surface area contributed by atoms with Crippen LogP contribution in [0.15, 0.2) is 18.2 Å². The van der Waals surface area contributed by atoms with E-state index in [1.807, 2.05) is 25.1 Å². The van der Waals surface area contributed by atoms with Gasteiger partial charge < -0.3 is 15.4 Å². The molecule has 2 aliphatic heterocycles. The van der Waals surface area contributed by atoms with Crippen molar-refractivity contribution in [2.75, 3.05) is 11.9 Å². The molecule has 0 spiro atoms. The fourth-order valence-corrected chi connectivity index (χ4v) is 3.40. The molecular weight excluding hydrogens is 264 g/mol. The van der Waals surface area contributed by atoms with Crippen LogP contribution in [0.25, 0.3) is 0 Å². The van der Waals surface area contributed by atoms with E-state index in [0.717, 1.165) is 36.3 Å². The fourth-order valence-electron chi connectivity index (χ4n) is 3.40. The van der Waals surface area contributed by atoms with Crippen molar-refractivity contribution in [2.24, 2.45) is 5.92 Å². The van der Waals surface area contributed by atoms with Crippen molar-refractivity contribution in [3.05, 3.63) is 23.8 Å². The quantitative estimate of drug-likeness (QED) is 0.876. The van der Waals surface area contributed by atoms with Gasteiger partial charge in [0.2, 0.25) is 5.91 Å². The first-order valence-electron chi connectivity index (χ1n) is 7.97. The molecular formula is C17H24N2O2. The highest BCUT2D eigenvalue weighted by Gasteiger charge is 2.42. The number of carbonyl (C=O) groups is 1. The Labute approximate surface area is 126 Å². The average Bonchev–Trinajstić information content (AvgIpc) is 3.10. The maximum atomic E-state index is 12.5. The summed E-state index contributed by atoms with van der Waals surface area (Å²) < 4.78 is 5.76. The van der Waals surface area contributed by atoms with Crippen molar-refractivity contribution in [2.45, 2.75) is 51.6 Å². The lowest BCUT2D eigenvalue weighted by Gasteiger charge is -2.20. The van der Waals surface area contributed by atoms with E-state index in [-0.39, 0.29) is 11.8 Å². The monoisotopic (exact) mass is 288 g/mol. The number of aryl methyl sites for hydroxylation is 1. The second-order valence-corrected chi connectivity index (χ2v) is 6.23. The van der Waals surface area contributed by atoms with E-state index < -0.39 is 0 Å². The van der Waals surface area contributed by atoms with Gasteiger partial charge in [0.1, 0.15) is 5.75 Å². The van der Waals surface area contributed by atoms with E-state index in [4.69, 9.17) is 4.74 Å². The number of amides is 1. The molecule has 0 aliphatic carbocycles. The van der Waals surface area contributed by atoms with Crippen molar-refractivity contribution in [1.82, 2.24) is 5.32 Å². The number of ether oxygens (including phenoxy) is 1. The van der Waals surface area contributed by atoms with Crippen molar-refractivity contribution >= 4 is 11.6 Å². The lowest BCUT2D eigenvalue weighted by atomic mass is 9.88. The van der Waals surface area contributed by atoms with Crippen LogP contribution >= 0.6 is 0 Å². The molecule has 2 aliphatic rings. The lowest BCUT2D eigenvalue weighted by Crippen LogP contribution is -2.32. The number of carbonyl (C=O) groups excluding carboxylic acids is 1. The van der Waals surface area contributed by atoms with E-state index in [0.29, 0.717) is 18.7 Å². The summed E-state index contributed by atoms with van der Waals surface area (Å²) in [4.78, 5) is 12.5. The minimum absolute atomic E-state index is 0.101. The summed E-state index contributed by atoms with van der Waals surface area (Å²) in [5.41, 5.74) is 1.93. The molecule has 114 valence electrons. The van der Waals surface area contributed by atoms with Crippen LogP contribution in [-0.4, -0.2) is 24.6 Å². The van der Waals surface area contributed by atoms with Crippen LogP contribution in [0.5, 0.6) is 5.75 Å². The maximum absolute atomic E-state index is 12.5. The van der Waals surface area contributed by atoms with Gasteiger partial charge in [-0.1, -0.05) is 13.0 Å². The fraction of sp³-hybridized carbons (Fsp3) is 0.588. The van der Waals surface area contributed by atoms with E-state index in [1.165, 1.54) is 6.42 Å².